The maximum atomic E-state index is 14.3. The van der Waals surface area contributed by atoms with Crippen molar-refractivity contribution in [2.24, 2.45) is 17.8 Å². The highest BCUT2D eigenvalue weighted by Gasteiger charge is 2.75. The number of likely N-dealkylation sites (tertiary alicyclic amines) is 1. The molecule has 0 aromatic rings. The van der Waals surface area contributed by atoms with Crippen molar-refractivity contribution in [3.8, 4) is 0 Å². The second kappa shape index (κ2) is 9.04. The first-order valence-corrected chi connectivity index (χ1v) is 12.8. The number of amides is 2. The van der Waals surface area contributed by atoms with E-state index in [1.165, 1.54) is 4.90 Å². The molecule has 0 aromatic carbocycles. The molecular weight excluding hydrogens is 448 g/mol. The number of carbonyl (C=O) groups excluding carboxylic acids is 3. The molecule has 2 fully saturated rings. The molecule has 1 N–H and O–H groups in total. The quantitative estimate of drug-likeness (QED) is 0.482. The second-order valence-electron chi connectivity index (χ2n) is 11.9. The van der Waals surface area contributed by atoms with Crippen molar-refractivity contribution in [2.75, 3.05) is 19.8 Å². The minimum absolute atomic E-state index is 0.190. The van der Waals surface area contributed by atoms with Gasteiger partial charge in [-0.3, -0.25) is 14.4 Å². The van der Waals surface area contributed by atoms with Gasteiger partial charge in [0.25, 0.3) is 0 Å². The van der Waals surface area contributed by atoms with Gasteiger partial charge in [-0.25, -0.2) is 0 Å². The zero-order chi connectivity index (χ0) is 25.8. The molecular formula is C27H40N2O6. The summed E-state index contributed by atoms with van der Waals surface area (Å²) in [6, 6.07) is -1.55. The number of cyclic esters (lactones) is 1. The van der Waals surface area contributed by atoms with Gasteiger partial charge in [0.2, 0.25) is 11.8 Å². The predicted molar refractivity (Wildman–Crippen MR) is 130 cm³/mol. The summed E-state index contributed by atoms with van der Waals surface area (Å²) in [5, 5.41) is 10.4. The number of carbonyl (C=O) groups is 3. The molecule has 0 radical (unpaired) electrons. The van der Waals surface area contributed by atoms with E-state index in [4.69, 9.17) is 9.47 Å². The van der Waals surface area contributed by atoms with Gasteiger partial charge in [-0.15, -0.1) is 0 Å². The third-order valence-corrected chi connectivity index (χ3v) is 7.85. The van der Waals surface area contributed by atoms with Crippen molar-refractivity contribution in [1.29, 1.82) is 0 Å². The van der Waals surface area contributed by atoms with Crippen molar-refractivity contribution in [3.05, 3.63) is 24.3 Å². The van der Waals surface area contributed by atoms with Crippen molar-refractivity contribution >= 4 is 17.8 Å². The van der Waals surface area contributed by atoms with Crippen LogP contribution in [0.5, 0.6) is 0 Å². The van der Waals surface area contributed by atoms with Crippen LogP contribution in [0.2, 0.25) is 0 Å². The Morgan fingerprint density at radius 2 is 1.83 bits per heavy atom. The van der Waals surface area contributed by atoms with Crippen LogP contribution in [0.3, 0.4) is 0 Å². The largest absolute Gasteiger partial charge is 0.465 e. The fourth-order valence-corrected chi connectivity index (χ4v) is 6.39. The van der Waals surface area contributed by atoms with Gasteiger partial charge in [-0.2, -0.15) is 0 Å². The molecule has 194 valence electrons. The van der Waals surface area contributed by atoms with Crippen molar-refractivity contribution in [1.82, 2.24) is 9.80 Å². The molecule has 0 aromatic heterocycles. The minimum atomic E-state index is -1.33. The highest BCUT2D eigenvalue weighted by Crippen LogP contribution is 2.57. The molecule has 4 aliphatic heterocycles. The molecule has 4 rings (SSSR count). The summed E-state index contributed by atoms with van der Waals surface area (Å²) in [4.78, 5) is 45.2. The lowest BCUT2D eigenvalue weighted by molar-refractivity contribution is -0.162. The number of fused-ring (bicyclic) bond motifs is 2. The molecule has 6 atom stereocenters. The summed E-state index contributed by atoms with van der Waals surface area (Å²) in [5.41, 5.74) is -2.92. The van der Waals surface area contributed by atoms with E-state index in [2.05, 4.69) is 0 Å². The van der Waals surface area contributed by atoms with Crippen LogP contribution in [0.4, 0.5) is 0 Å². The molecule has 8 heteroatoms. The Morgan fingerprint density at radius 1 is 1.11 bits per heavy atom. The summed E-state index contributed by atoms with van der Waals surface area (Å²) in [6.07, 6.45) is 9.51. The number of hydrogen-bond donors (Lipinski definition) is 1. The molecule has 35 heavy (non-hydrogen) atoms. The lowest BCUT2D eigenvalue weighted by Crippen LogP contribution is -2.61. The van der Waals surface area contributed by atoms with Crippen LogP contribution in [0.1, 0.15) is 60.8 Å². The van der Waals surface area contributed by atoms with E-state index in [0.29, 0.717) is 19.4 Å². The molecule has 2 saturated heterocycles. The van der Waals surface area contributed by atoms with Crippen LogP contribution in [0.15, 0.2) is 24.3 Å². The van der Waals surface area contributed by atoms with Gasteiger partial charge in [0.05, 0.1) is 30.8 Å². The standard InChI is InChI=1S/C27H40N2O6/c1-17(2)15-18(16-30)29-21-23(32)28(25(3,4)5)13-10-12-27(21)19(22(29)31)20-24(33)34-14-9-7-8-11-26(20,6)35-27/h8,10-12,17-21,30H,7,9,13-16H2,1-6H3/b11-8-/t18-,19+,20-,21?,26+,27+/m1/s1. The first kappa shape index (κ1) is 25.9. The fraction of sp³-hybridized carbons (Fsp3) is 0.741. The number of nitrogens with zero attached hydrogens (tertiary/aromatic N) is 2. The van der Waals surface area contributed by atoms with E-state index in [0.717, 1.165) is 6.42 Å². The maximum Gasteiger partial charge on any atom is 0.313 e. The lowest BCUT2D eigenvalue weighted by atomic mass is 9.74. The van der Waals surface area contributed by atoms with Crippen molar-refractivity contribution in [3.63, 3.8) is 0 Å². The number of rotatable bonds is 4. The molecule has 2 amide bonds. The first-order chi connectivity index (χ1) is 16.4. The number of ether oxygens (including phenoxy) is 2. The normalized spacial score (nSPS) is 37.1. The maximum absolute atomic E-state index is 14.3. The topological polar surface area (TPSA) is 96.4 Å². The van der Waals surface area contributed by atoms with Crippen LogP contribution in [0, 0.1) is 17.8 Å². The first-order valence-electron chi connectivity index (χ1n) is 12.8. The lowest BCUT2D eigenvalue weighted by Gasteiger charge is -2.43. The number of aliphatic hydroxyl groups excluding tert-OH is 1. The summed E-state index contributed by atoms with van der Waals surface area (Å²) >= 11 is 0. The Kier molecular flexibility index (Phi) is 6.68. The SMILES string of the molecule is CC(C)C[C@H](CO)N1C(=O)[C@@H]2[C@@H]3C(=O)OCCC/C=C\[C@]3(C)O[C@@]23C=CCN(C(C)(C)C)C(=O)C13. The molecule has 4 heterocycles. The summed E-state index contributed by atoms with van der Waals surface area (Å²) in [7, 11) is 0. The average Bonchev–Trinajstić information content (AvgIpc) is 3.10. The molecule has 8 nitrogen and oxygen atoms in total. The predicted octanol–water partition coefficient (Wildman–Crippen LogP) is 2.45. The Morgan fingerprint density at radius 3 is 2.46 bits per heavy atom. The van der Waals surface area contributed by atoms with Crippen molar-refractivity contribution < 1.29 is 29.0 Å². The molecule has 1 spiro atoms. The fourth-order valence-electron chi connectivity index (χ4n) is 6.39. The monoisotopic (exact) mass is 488 g/mol. The van der Waals surface area contributed by atoms with Gasteiger partial charge in [0.1, 0.15) is 17.6 Å². The van der Waals surface area contributed by atoms with Gasteiger partial charge < -0.3 is 24.4 Å². The molecule has 0 aliphatic carbocycles. The summed E-state index contributed by atoms with van der Waals surface area (Å²) in [6.45, 7) is 12.1. The third-order valence-electron chi connectivity index (χ3n) is 7.85. The number of esters is 1. The van der Waals surface area contributed by atoms with E-state index in [-0.39, 0.29) is 30.9 Å². The van der Waals surface area contributed by atoms with Crippen LogP contribution >= 0.6 is 0 Å². The van der Waals surface area contributed by atoms with E-state index >= 15 is 0 Å². The molecule has 0 bridgehead atoms. The van der Waals surface area contributed by atoms with Gasteiger partial charge >= 0.3 is 5.97 Å². The Hall–Kier alpha value is -2.19. The van der Waals surface area contributed by atoms with Crippen LogP contribution in [-0.4, -0.2) is 81.3 Å². The van der Waals surface area contributed by atoms with E-state index in [1.54, 1.807) is 4.90 Å². The minimum Gasteiger partial charge on any atom is -0.465 e. The van der Waals surface area contributed by atoms with Crippen LogP contribution < -0.4 is 0 Å². The number of hydrogen-bond acceptors (Lipinski definition) is 6. The zero-order valence-corrected chi connectivity index (χ0v) is 21.8. The Bertz CT molecular complexity index is 936. The smallest absolute Gasteiger partial charge is 0.313 e. The van der Waals surface area contributed by atoms with Crippen molar-refractivity contribution in [2.45, 2.75) is 89.6 Å². The molecule has 0 saturated carbocycles. The second-order valence-corrected chi connectivity index (χ2v) is 11.9. The number of aliphatic hydroxyl groups is 1. The summed E-state index contributed by atoms with van der Waals surface area (Å²) < 4.78 is 12.4. The Labute approximate surface area is 208 Å². The van der Waals surface area contributed by atoms with Crippen LogP contribution in [0.25, 0.3) is 0 Å². The average molecular weight is 489 g/mol. The van der Waals surface area contributed by atoms with E-state index in [1.807, 2.05) is 65.8 Å². The van der Waals surface area contributed by atoms with Gasteiger partial charge in [0.15, 0.2) is 0 Å². The van der Waals surface area contributed by atoms with E-state index in [9.17, 15) is 19.5 Å². The molecule has 1 unspecified atom stereocenters. The van der Waals surface area contributed by atoms with Gasteiger partial charge in [0, 0.05) is 12.1 Å². The Balaban J connectivity index is 1.91. The molecule has 4 aliphatic rings. The third kappa shape index (κ3) is 4.12. The van der Waals surface area contributed by atoms with E-state index < -0.39 is 46.6 Å². The zero-order valence-electron chi connectivity index (χ0n) is 21.8. The van der Waals surface area contributed by atoms with Gasteiger partial charge in [-0.1, -0.05) is 38.2 Å². The highest BCUT2D eigenvalue weighted by atomic mass is 16.6. The number of allylic oxidation sites excluding steroid dienone is 1. The summed E-state index contributed by atoms with van der Waals surface area (Å²) in [5.74, 6) is -2.66. The van der Waals surface area contributed by atoms with Crippen LogP contribution in [-0.2, 0) is 23.9 Å². The highest BCUT2D eigenvalue weighted by molar-refractivity contribution is 5.99. The van der Waals surface area contributed by atoms with Gasteiger partial charge in [-0.05, 0) is 52.9 Å².